The van der Waals surface area contributed by atoms with Crippen LogP contribution < -0.4 is 20.9 Å². The molecule has 0 spiro atoms. The number of carbonyl (C=O) groups is 6. The summed E-state index contributed by atoms with van der Waals surface area (Å²) in [7, 11) is 0. The Morgan fingerprint density at radius 1 is 0.923 bits per heavy atom. The van der Waals surface area contributed by atoms with Crippen LogP contribution in [-0.4, -0.2) is 112 Å². The normalized spacial score (nSPS) is 33.2. The van der Waals surface area contributed by atoms with Crippen LogP contribution in [0.3, 0.4) is 0 Å². The average Bonchev–Trinajstić information content (AvgIpc) is 3.28. The lowest BCUT2D eigenvalue weighted by atomic mass is 9.46. The standard InChI is InChI=1S/C62H70N4O12/c1-58-24-23-44(68)30-43(58)19-20-45-46-31-51-62(50(70)36-67,59(46,2)33-49(69)55(45)58)78-57(77-51)41-15-13-38(14-16-41)32-61-27-25-60(26-28-61,37-76-61)65-56(75)47(21-22-54(73)74)64-52(71)34-63-29-7-12-53(72)66-35-42-10-4-3-8-39(42)17-18-40-9-5-6-11-48(40)66/h3-6,8-11,13-16,23-24,30,45-47,49,51,55,57,63,67,69H,7,12,19-22,25-29,31-37H2,1-2H3,(H,64,71)(H,65,75)(H,73,74)/t45-,46-,47-,49-,51+,55+,57+,58-,59-,60?,61?,62+/m0/s1. The summed E-state index contributed by atoms with van der Waals surface area (Å²) in [6, 6.07) is 22.2. The molecule has 7 fully saturated rings. The number of amides is 3. The summed E-state index contributed by atoms with van der Waals surface area (Å²) in [6.07, 6.45) is 8.89. The van der Waals surface area contributed by atoms with Crippen LogP contribution in [0.15, 0.2) is 96.6 Å². The second kappa shape index (κ2) is 21.1. The van der Waals surface area contributed by atoms with Gasteiger partial charge in [0.05, 0.1) is 48.7 Å². The number of aliphatic hydroxyl groups is 2. The van der Waals surface area contributed by atoms with E-state index in [2.05, 4.69) is 34.7 Å². The first-order valence-electron chi connectivity index (χ1n) is 27.8. The molecule has 4 heterocycles. The number of rotatable bonds is 17. The van der Waals surface area contributed by atoms with Crippen molar-refractivity contribution in [2.24, 2.45) is 28.6 Å². The Hall–Kier alpha value is -6.32. The molecule has 6 N–H and O–H groups in total. The smallest absolute Gasteiger partial charge is 0.303 e. The zero-order chi connectivity index (χ0) is 54.6. The number of fused-ring (bicyclic) bond motifs is 12. The van der Waals surface area contributed by atoms with Gasteiger partial charge in [0.2, 0.25) is 17.7 Å². The van der Waals surface area contributed by atoms with Crippen molar-refractivity contribution in [3.8, 4) is 11.8 Å². The van der Waals surface area contributed by atoms with Crippen LogP contribution in [0.2, 0.25) is 0 Å². The third kappa shape index (κ3) is 9.64. The number of nitrogens with zero attached hydrogens (tertiary/aromatic N) is 1. The van der Waals surface area contributed by atoms with Crippen molar-refractivity contribution in [3.05, 3.63) is 124 Å². The third-order valence-electron chi connectivity index (χ3n) is 19.2. The summed E-state index contributed by atoms with van der Waals surface area (Å²) in [4.78, 5) is 80.6. The van der Waals surface area contributed by atoms with Crippen molar-refractivity contribution >= 4 is 40.9 Å². The van der Waals surface area contributed by atoms with Crippen LogP contribution in [0, 0.1) is 40.4 Å². The number of ketones is 2. The zero-order valence-electron chi connectivity index (χ0n) is 44.4. The highest BCUT2D eigenvalue weighted by atomic mass is 16.7. The topological polar surface area (TPSA) is 230 Å². The van der Waals surface area contributed by atoms with E-state index in [0.717, 1.165) is 51.9 Å². The van der Waals surface area contributed by atoms with Gasteiger partial charge in [-0.2, -0.15) is 0 Å². The van der Waals surface area contributed by atoms with E-state index in [0.29, 0.717) is 64.5 Å². The number of carboxylic acid groups (broad SMARTS) is 1. The molecule has 3 aromatic carbocycles. The molecule has 3 aromatic rings. The monoisotopic (exact) mass is 1060 g/mol. The number of para-hydroxylation sites is 1. The lowest BCUT2D eigenvalue weighted by molar-refractivity contribution is -0.201. The molecule has 10 atom stereocenters. The van der Waals surface area contributed by atoms with E-state index >= 15 is 0 Å². The summed E-state index contributed by atoms with van der Waals surface area (Å²) in [5.41, 5.74) is 2.29. The quantitative estimate of drug-likeness (QED) is 0.0706. The Kier molecular flexibility index (Phi) is 14.5. The molecule has 12 rings (SSSR count). The maximum absolute atomic E-state index is 14.1. The number of aliphatic hydroxyl groups excluding tert-OH is 2. The number of hydrogen-bond donors (Lipinski definition) is 6. The lowest BCUT2D eigenvalue weighted by Crippen LogP contribution is -2.65. The van der Waals surface area contributed by atoms with Gasteiger partial charge < -0.3 is 50.4 Å². The Morgan fingerprint density at radius 3 is 2.41 bits per heavy atom. The fourth-order valence-electron chi connectivity index (χ4n) is 15.2. The molecule has 0 radical (unpaired) electrons. The molecule has 16 heteroatoms. The molecule has 0 aromatic heterocycles. The van der Waals surface area contributed by atoms with Gasteiger partial charge in [0.25, 0.3) is 0 Å². The average molecular weight is 1060 g/mol. The Bertz CT molecular complexity index is 3010. The Balaban J connectivity index is 0.666. The minimum Gasteiger partial charge on any atom is -0.481 e. The first kappa shape index (κ1) is 53.7. The van der Waals surface area contributed by atoms with Crippen molar-refractivity contribution in [1.29, 1.82) is 0 Å². The highest BCUT2D eigenvalue weighted by Gasteiger charge is 2.76. The Morgan fingerprint density at radius 2 is 1.67 bits per heavy atom. The number of carbonyl (C=O) groups excluding carboxylic acids is 5. The first-order valence-corrected chi connectivity index (χ1v) is 27.8. The van der Waals surface area contributed by atoms with Crippen molar-refractivity contribution in [2.45, 2.75) is 145 Å². The van der Waals surface area contributed by atoms with Gasteiger partial charge in [-0.15, -0.1) is 0 Å². The van der Waals surface area contributed by atoms with Gasteiger partial charge >= 0.3 is 5.97 Å². The second-order valence-corrected chi connectivity index (χ2v) is 23.7. The molecular formula is C62H70N4O12. The minimum atomic E-state index is -1.45. The molecule has 4 aliphatic heterocycles. The van der Waals surface area contributed by atoms with Crippen molar-refractivity contribution in [1.82, 2.24) is 16.0 Å². The van der Waals surface area contributed by atoms with E-state index < -0.39 is 82.3 Å². The van der Waals surface area contributed by atoms with Gasteiger partial charge in [-0.3, -0.25) is 28.8 Å². The predicted octanol–water partition coefficient (Wildman–Crippen LogP) is 5.70. The molecule has 4 saturated carbocycles. The number of Topliss-reactive ketones (excluding diaryl/α,β-unsaturated/α-hetero) is 1. The van der Waals surface area contributed by atoms with Gasteiger partial charge in [0.15, 0.2) is 23.5 Å². The molecular weight excluding hydrogens is 993 g/mol. The van der Waals surface area contributed by atoms with E-state index in [4.69, 9.17) is 14.2 Å². The highest BCUT2D eigenvalue weighted by Crippen LogP contribution is 2.70. The second-order valence-electron chi connectivity index (χ2n) is 23.7. The van der Waals surface area contributed by atoms with Crippen LogP contribution in [0.1, 0.15) is 125 Å². The lowest BCUT2D eigenvalue weighted by Gasteiger charge is -2.59. The van der Waals surface area contributed by atoms with Gasteiger partial charge in [-0.05, 0) is 124 Å². The molecule has 0 unspecified atom stereocenters. The first-order chi connectivity index (χ1) is 37.5. The van der Waals surface area contributed by atoms with Gasteiger partial charge in [0, 0.05) is 52.7 Å². The van der Waals surface area contributed by atoms with Crippen LogP contribution in [0.4, 0.5) is 5.69 Å². The molecule has 78 heavy (non-hydrogen) atoms. The van der Waals surface area contributed by atoms with Crippen molar-refractivity contribution in [3.63, 3.8) is 0 Å². The fraction of sp³-hybridized carbons (Fsp3) is 0.516. The summed E-state index contributed by atoms with van der Waals surface area (Å²) in [6.45, 7) is 4.31. The number of allylic oxidation sites excluding steroid dienone is 4. The number of anilines is 1. The summed E-state index contributed by atoms with van der Waals surface area (Å²) >= 11 is 0. The van der Waals surface area contributed by atoms with E-state index in [1.165, 1.54) is 0 Å². The highest BCUT2D eigenvalue weighted by molar-refractivity contribution is 6.01. The maximum Gasteiger partial charge on any atom is 0.303 e. The van der Waals surface area contributed by atoms with Crippen molar-refractivity contribution in [2.75, 3.05) is 31.2 Å². The molecule has 16 nitrogen and oxygen atoms in total. The maximum atomic E-state index is 14.1. The number of carboxylic acids is 1. The molecule has 5 aliphatic carbocycles. The predicted molar refractivity (Wildman–Crippen MR) is 286 cm³/mol. The van der Waals surface area contributed by atoms with Crippen LogP contribution in [-0.2, 0) is 55.9 Å². The minimum absolute atomic E-state index is 0.0119. The van der Waals surface area contributed by atoms with E-state index in [9.17, 15) is 44.1 Å². The van der Waals surface area contributed by atoms with Gasteiger partial charge in [0.1, 0.15) is 12.6 Å². The number of hydrogen-bond acceptors (Lipinski definition) is 12. The van der Waals surface area contributed by atoms with E-state index in [1.54, 1.807) is 17.1 Å². The summed E-state index contributed by atoms with van der Waals surface area (Å²) in [5.74, 6) is 3.80. The van der Waals surface area contributed by atoms with Gasteiger partial charge in [-0.1, -0.05) is 91.9 Å². The number of aliphatic carboxylic acids is 1. The van der Waals surface area contributed by atoms with Crippen LogP contribution >= 0.6 is 0 Å². The van der Waals surface area contributed by atoms with Crippen LogP contribution in [0.5, 0.6) is 0 Å². The molecule has 3 amide bonds. The summed E-state index contributed by atoms with van der Waals surface area (Å²) in [5, 5.41) is 41.0. The number of benzene rings is 3. The van der Waals surface area contributed by atoms with Crippen LogP contribution in [0.25, 0.3) is 0 Å². The number of nitrogens with one attached hydrogen (secondary N) is 3. The molecule has 9 aliphatic rings. The molecule has 2 bridgehead atoms. The van der Waals surface area contributed by atoms with Gasteiger partial charge in [-0.25, -0.2) is 0 Å². The number of ether oxygens (including phenoxy) is 3. The van der Waals surface area contributed by atoms with E-state index in [1.807, 2.05) is 85.8 Å². The Labute approximate surface area is 454 Å². The fourth-order valence-corrected chi connectivity index (χ4v) is 15.2. The summed E-state index contributed by atoms with van der Waals surface area (Å²) < 4.78 is 20.1. The molecule has 3 saturated heterocycles. The van der Waals surface area contributed by atoms with Crippen molar-refractivity contribution < 1.29 is 58.3 Å². The zero-order valence-corrected chi connectivity index (χ0v) is 44.4. The third-order valence-corrected chi connectivity index (χ3v) is 19.2. The SMILES string of the molecule is C[C@]12C=CC(=O)C=C1CC[C@@H]1[C@@H]2[C@@H](O)C[C@@]2(C)[C@H]1C[C@H]1O[C@@H](c3ccc(CC45CCC(NC(=O)[C@H](CCC(=O)O)NC(=O)CNCCCC(=O)N6Cc7ccccc7C#Cc7ccccc76)(CC4)CO5)cc3)O[C@]12C(=O)CO. The molecule has 410 valence electrons. The largest absolute Gasteiger partial charge is 0.481 e. The van der Waals surface area contributed by atoms with E-state index in [-0.39, 0.29) is 61.9 Å².